The van der Waals surface area contributed by atoms with Gasteiger partial charge in [0.1, 0.15) is 0 Å². The minimum absolute atomic E-state index is 0.303. The predicted octanol–water partition coefficient (Wildman–Crippen LogP) is 3.78. The van der Waals surface area contributed by atoms with E-state index in [2.05, 4.69) is 35.3 Å². The molecule has 0 spiro atoms. The third kappa shape index (κ3) is 4.77. The molecule has 0 atom stereocenters. The zero-order valence-electron chi connectivity index (χ0n) is 17.9. The van der Waals surface area contributed by atoms with Gasteiger partial charge in [0.2, 0.25) is 11.9 Å². The first-order chi connectivity index (χ1) is 15.0. The van der Waals surface area contributed by atoms with E-state index in [9.17, 15) is 9.59 Å². The second-order valence-corrected chi connectivity index (χ2v) is 8.15. The van der Waals surface area contributed by atoms with Crippen molar-refractivity contribution in [3.8, 4) is 0 Å². The van der Waals surface area contributed by atoms with Gasteiger partial charge in [0.05, 0.1) is 11.0 Å². The molecule has 0 aliphatic carbocycles. The molecule has 0 bridgehead atoms. The second-order valence-electron chi connectivity index (χ2n) is 8.15. The van der Waals surface area contributed by atoms with Crippen LogP contribution in [0.2, 0.25) is 0 Å². The van der Waals surface area contributed by atoms with Crippen LogP contribution in [0.15, 0.2) is 42.5 Å². The standard InChI is InChI=1S/C24H29N5O2/c1-2-11-29-21-10-9-17(16-28-12-4-3-5-13-28)14-20(21)26-24(29)27-23(31)19-8-6-7-18(15-19)22(25)30/h6-10,14-15H,2-5,11-13,16H2,1H3,(H2,25,30)(H,26,27,31). The molecule has 1 aliphatic heterocycles. The number of aryl methyl sites for hydroxylation is 1. The van der Waals surface area contributed by atoms with Crippen molar-refractivity contribution in [3.05, 3.63) is 59.2 Å². The average molecular weight is 420 g/mol. The van der Waals surface area contributed by atoms with Gasteiger partial charge in [-0.1, -0.05) is 25.5 Å². The molecule has 3 aromatic rings. The number of primary amides is 1. The molecule has 1 saturated heterocycles. The van der Waals surface area contributed by atoms with Crippen molar-refractivity contribution < 1.29 is 9.59 Å². The lowest BCUT2D eigenvalue weighted by Gasteiger charge is -2.26. The Kier molecular flexibility index (Phi) is 6.32. The first kappa shape index (κ1) is 21.1. The Labute approximate surface area is 182 Å². The van der Waals surface area contributed by atoms with Gasteiger partial charge in [-0.2, -0.15) is 0 Å². The van der Waals surface area contributed by atoms with Crippen molar-refractivity contribution in [2.75, 3.05) is 18.4 Å². The number of hydrogen-bond donors (Lipinski definition) is 2. The van der Waals surface area contributed by atoms with Crippen molar-refractivity contribution in [2.24, 2.45) is 5.73 Å². The number of hydrogen-bond acceptors (Lipinski definition) is 4. The lowest BCUT2D eigenvalue weighted by Crippen LogP contribution is -2.29. The van der Waals surface area contributed by atoms with Crippen LogP contribution in [0.5, 0.6) is 0 Å². The van der Waals surface area contributed by atoms with Crippen LogP contribution >= 0.6 is 0 Å². The summed E-state index contributed by atoms with van der Waals surface area (Å²) in [5.41, 5.74) is 9.14. The highest BCUT2D eigenvalue weighted by Gasteiger charge is 2.16. The number of nitrogens with one attached hydrogen (secondary N) is 1. The highest BCUT2D eigenvalue weighted by molar-refractivity contribution is 6.05. The van der Waals surface area contributed by atoms with E-state index in [1.165, 1.54) is 30.9 Å². The lowest BCUT2D eigenvalue weighted by molar-refractivity contribution is 0.1000. The molecular weight excluding hydrogens is 390 g/mol. The van der Waals surface area contributed by atoms with Gasteiger partial charge in [0.25, 0.3) is 5.91 Å². The maximum absolute atomic E-state index is 12.8. The normalized spacial score (nSPS) is 14.6. The summed E-state index contributed by atoms with van der Waals surface area (Å²) >= 11 is 0. The third-order valence-corrected chi connectivity index (χ3v) is 5.75. The number of rotatable bonds is 7. The van der Waals surface area contributed by atoms with Crippen LogP contribution in [-0.4, -0.2) is 39.4 Å². The van der Waals surface area contributed by atoms with Crippen LogP contribution in [0, 0.1) is 0 Å². The van der Waals surface area contributed by atoms with E-state index in [0.717, 1.165) is 43.6 Å². The van der Waals surface area contributed by atoms with Crippen molar-refractivity contribution in [1.29, 1.82) is 0 Å². The van der Waals surface area contributed by atoms with Crippen LogP contribution in [0.25, 0.3) is 11.0 Å². The predicted molar refractivity (Wildman–Crippen MR) is 122 cm³/mol. The number of carbonyl (C=O) groups is 2. The van der Waals surface area contributed by atoms with Gasteiger partial charge in [-0.05, 0) is 68.2 Å². The molecule has 7 nitrogen and oxygen atoms in total. The number of nitrogens with two attached hydrogens (primary N) is 1. The molecule has 1 aromatic heterocycles. The molecular formula is C24H29N5O2. The number of fused-ring (bicyclic) bond motifs is 1. The molecule has 1 fully saturated rings. The highest BCUT2D eigenvalue weighted by atomic mass is 16.2. The summed E-state index contributed by atoms with van der Waals surface area (Å²) in [6, 6.07) is 12.8. The lowest BCUT2D eigenvalue weighted by atomic mass is 10.1. The summed E-state index contributed by atoms with van der Waals surface area (Å²) in [4.78, 5) is 31.5. The van der Waals surface area contributed by atoms with E-state index in [4.69, 9.17) is 10.7 Å². The Morgan fingerprint density at radius 1 is 1.06 bits per heavy atom. The van der Waals surface area contributed by atoms with E-state index >= 15 is 0 Å². The molecule has 4 rings (SSSR count). The fourth-order valence-corrected chi connectivity index (χ4v) is 4.18. The topological polar surface area (TPSA) is 93.2 Å². The third-order valence-electron chi connectivity index (χ3n) is 5.75. The number of aromatic nitrogens is 2. The van der Waals surface area contributed by atoms with Gasteiger partial charge in [0, 0.05) is 24.2 Å². The van der Waals surface area contributed by atoms with Gasteiger partial charge in [-0.25, -0.2) is 4.98 Å². The number of amides is 2. The SMILES string of the molecule is CCCn1c(NC(=O)c2cccc(C(N)=O)c2)nc2cc(CN3CCCCC3)ccc21. The molecule has 7 heteroatoms. The quantitative estimate of drug-likeness (QED) is 0.609. The largest absolute Gasteiger partial charge is 0.366 e. The van der Waals surface area contributed by atoms with E-state index in [1.54, 1.807) is 18.2 Å². The molecule has 3 N–H and O–H groups in total. The molecule has 0 saturated carbocycles. The van der Waals surface area contributed by atoms with Gasteiger partial charge in [-0.15, -0.1) is 0 Å². The molecule has 31 heavy (non-hydrogen) atoms. The second kappa shape index (κ2) is 9.31. The Morgan fingerprint density at radius 2 is 1.84 bits per heavy atom. The smallest absolute Gasteiger partial charge is 0.257 e. The summed E-state index contributed by atoms with van der Waals surface area (Å²) in [6.45, 7) is 6.07. The number of piperidine rings is 1. The average Bonchev–Trinajstić information content (AvgIpc) is 3.11. The number of carbonyl (C=O) groups excluding carboxylic acids is 2. The van der Waals surface area contributed by atoms with E-state index < -0.39 is 5.91 Å². The van der Waals surface area contributed by atoms with Gasteiger partial charge >= 0.3 is 0 Å². The van der Waals surface area contributed by atoms with Crippen LogP contribution in [-0.2, 0) is 13.1 Å². The zero-order chi connectivity index (χ0) is 21.8. The molecule has 1 aliphatic rings. The minimum atomic E-state index is -0.561. The summed E-state index contributed by atoms with van der Waals surface area (Å²) in [5, 5.41) is 2.92. The summed E-state index contributed by atoms with van der Waals surface area (Å²) < 4.78 is 2.04. The minimum Gasteiger partial charge on any atom is -0.366 e. The van der Waals surface area contributed by atoms with Crippen molar-refractivity contribution >= 4 is 28.8 Å². The number of anilines is 1. The van der Waals surface area contributed by atoms with E-state index in [0.29, 0.717) is 17.1 Å². The van der Waals surface area contributed by atoms with Crippen molar-refractivity contribution in [3.63, 3.8) is 0 Å². The molecule has 2 heterocycles. The summed E-state index contributed by atoms with van der Waals surface area (Å²) in [5.74, 6) is -0.361. The first-order valence-corrected chi connectivity index (χ1v) is 11.0. The van der Waals surface area contributed by atoms with Crippen LogP contribution < -0.4 is 11.1 Å². The number of benzene rings is 2. The fraction of sp³-hybridized carbons (Fsp3) is 0.375. The van der Waals surface area contributed by atoms with Crippen molar-refractivity contribution in [2.45, 2.75) is 45.7 Å². The number of likely N-dealkylation sites (tertiary alicyclic amines) is 1. The fourth-order valence-electron chi connectivity index (χ4n) is 4.18. The number of imidazole rings is 1. The molecule has 162 valence electrons. The van der Waals surface area contributed by atoms with Gasteiger partial charge in [-0.3, -0.25) is 19.8 Å². The van der Waals surface area contributed by atoms with Gasteiger partial charge < -0.3 is 10.3 Å². The Hall–Kier alpha value is -3.19. The highest BCUT2D eigenvalue weighted by Crippen LogP contribution is 2.23. The van der Waals surface area contributed by atoms with Crippen LogP contribution in [0.4, 0.5) is 5.95 Å². The first-order valence-electron chi connectivity index (χ1n) is 11.0. The van der Waals surface area contributed by atoms with E-state index in [1.807, 2.05) is 4.57 Å². The number of nitrogens with zero attached hydrogens (tertiary/aromatic N) is 3. The monoisotopic (exact) mass is 419 g/mol. The molecule has 2 aromatic carbocycles. The Balaban J connectivity index is 1.60. The molecule has 2 amide bonds. The Bertz CT molecular complexity index is 1100. The summed E-state index contributed by atoms with van der Waals surface area (Å²) in [6.07, 6.45) is 4.77. The molecule has 0 unspecified atom stereocenters. The van der Waals surface area contributed by atoms with Crippen LogP contribution in [0.1, 0.15) is 58.9 Å². The van der Waals surface area contributed by atoms with E-state index in [-0.39, 0.29) is 5.91 Å². The zero-order valence-corrected chi connectivity index (χ0v) is 17.9. The maximum Gasteiger partial charge on any atom is 0.257 e. The maximum atomic E-state index is 12.8. The van der Waals surface area contributed by atoms with Crippen molar-refractivity contribution in [1.82, 2.24) is 14.5 Å². The Morgan fingerprint density at radius 3 is 2.58 bits per heavy atom. The summed E-state index contributed by atoms with van der Waals surface area (Å²) in [7, 11) is 0. The van der Waals surface area contributed by atoms with Crippen LogP contribution in [0.3, 0.4) is 0 Å². The molecule has 0 radical (unpaired) electrons. The van der Waals surface area contributed by atoms with Gasteiger partial charge in [0.15, 0.2) is 0 Å².